The lowest BCUT2D eigenvalue weighted by Gasteiger charge is -2.08. The summed E-state index contributed by atoms with van der Waals surface area (Å²) in [6.45, 7) is -1.13. The minimum absolute atomic E-state index is 0.0392. The molecule has 0 aliphatic rings. The van der Waals surface area contributed by atoms with Crippen molar-refractivity contribution in [2.45, 2.75) is 17.7 Å². The molecule has 0 atom stereocenters. The summed E-state index contributed by atoms with van der Waals surface area (Å²) in [7, 11) is -3.70. The number of benzene rings is 1. The average Bonchev–Trinajstić information content (AvgIpc) is 2.72. The van der Waals surface area contributed by atoms with E-state index in [9.17, 15) is 17.2 Å². The van der Waals surface area contributed by atoms with Crippen LogP contribution < -0.4 is 9.46 Å². The fourth-order valence-electron chi connectivity index (χ4n) is 1.47. The quantitative estimate of drug-likeness (QED) is 0.821. The average molecular weight is 398 g/mol. The smallest absolute Gasteiger partial charge is 0.387 e. The Hall–Kier alpha value is -1.19. The van der Waals surface area contributed by atoms with Gasteiger partial charge in [0.2, 0.25) is 0 Å². The topological polar surface area (TPSA) is 55.4 Å². The van der Waals surface area contributed by atoms with E-state index in [-0.39, 0.29) is 15.6 Å². The van der Waals surface area contributed by atoms with Crippen molar-refractivity contribution in [3.8, 4) is 5.75 Å². The molecule has 1 aromatic carbocycles. The lowest BCUT2D eigenvalue weighted by Crippen LogP contribution is -2.11. The Balaban J connectivity index is 2.17. The number of ether oxygens (including phenoxy) is 1. The van der Waals surface area contributed by atoms with Crippen LogP contribution >= 0.6 is 27.3 Å². The van der Waals surface area contributed by atoms with E-state index in [2.05, 4.69) is 25.4 Å². The minimum Gasteiger partial charge on any atom is -0.435 e. The highest BCUT2D eigenvalue weighted by molar-refractivity contribution is 9.11. The van der Waals surface area contributed by atoms with E-state index in [0.29, 0.717) is 0 Å². The molecular formula is C12H10BrF2NO3S2. The number of anilines is 1. The third-order valence-electron chi connectivity index (χ3n) is 2.43. The van der Waals surface area contributed by atoms with Crippen molar-refractivity contribution in [1.82, 2.24) is 0 Å². The van der Waals surface area contributed by atoms with Gasteiger partial charge >= 0.3 is 6.61 Å². The molecule has 0 fully saturated rings. The molecule has 0 saturated carbocycles. The van der Waals surface area contributed by atoms with Crippen molar-refractivity contribution in [1.29, 1.82) is 0 Å². The molecule has 0 saturated heterocycles. The molecular weight excluding hydrogens is 388 g/mol. The second-order valence-corrected chi connectivity index (χ2v) is 8.31. The standard InChI is InChI=1S/C12H10BrF2NO3S2/c1-7-6-10(20-11(7)13)21(17,18)16-8-2-4-9(5-3-8)19-12(14)15/h2-6,12,16H,1H3. The Morgan fingerprint density at radius 1 is 1.29 bits per heavy atom. The van der Waals surface area contributed by atoms with Crippen LogP contribution in [0.15, 0.2) is 38.3 Å². The van der Waals surface area contributed by atoms with Crippen molar-refractivity contribution < 1.29 is 21.9 Å². The Morgan fingerprint density at radius 2 is 1.90 bits per heavy atom. The molecule has 2 aromatic rings. The van der Waals surface area contributed by atoms with E-state index < -0.39 is 16.6 Å². The highest BCUT2D eigenvalue weighted by atomic mass is 79.9. The number of thiophene rings is 1. The highest BCUT2D eigenvalue weighted by Gasteiger charge is 2.18. The largest absolute Gasteiger partial charge is 0.435 e. The van der Waals surface area contributed by atoms with E-state index >= 15 is 0 Å². The predicted molar refractivity (Wildman–Crippen MR) is 80.6 cm³/mol. The lowest BCUT2D eigenvalue weighted by atomic mass is 10.3. The summed E-state index contributed by atoms with van der Waals surface area (Å²) in [5, 5.41) is 0. The maximum Gasteiger partial charge on any atom is 0.387 e. The molecule has 0 aliphatic heterocycles. The van der Waals surface area contributed by atoms with Crippen molar-refractivity contribution >= 4 is 43.0 Å². The number of aryl methyl sites for hydroxylation is 1. The number of nitrogens with one attached hydrogen (secondary N) is 1. The first-order chi connectivity index (χ1) is 9.78. The van der Waals surface area contributed by atoms with E-state index in [1.807, 2.05) is 0 Å². The number of rotatable bonds is 5. The fraction of sp³-hybridized carbons (Fsp3) is 0.167. The minimum atomic E-state index is -3.70. The van der Waals surface area contributed by atoms with Crippen LogP contribution in [0, 0.1) is 6.92 Å². The molecule has 1 aromatic heterocycles. The van der Waals surface area contributed by atoms with Gasteiger partial charge in [0.25, 0.3) is 10.0 Å². The van der Waals surface area contributed by atoms with E-state index in [4.69, 9.17) is 0 Å². The molecule has 1 heterocycles. The zero-order chi connectivity index (χ0) is 15.6. The fourth-order valence-corrected chi connectivity index (χ4v) is 4.76. The number of alkyl halides is 2. The van der Waals surface area contributed by atoms with Gasteiger partial charge in [0.05, 0.1) is 3.79 Å². The van der Waals surface area contributed by atoms with Gasteiger partial charge in [-0.15, -0.1) is 11.3 Å². The molecule has 0 unspecified atom stereocenters. The molecule has 114 valence electrons. The van der Waals surface area contributed by atoms with Crippen molar-refractivity contribution in [2.24, 2.45) is 0 Å². The molecule has 2 rings (SSSR count). The van der Waals surface area contributed by atoms with Crippen LogP contribution in [0.5, 0.6) is 5.75 Å². The SMILES string of the molecule is Cc1cc(S(=O)(=O)Nc2ccc(OC(F)F)cc2)sc1Br. The van der Waals surface area contributed by atoms with Crippen molar-refractivity contribution in [3.63, 3.8) is 0 Å². The van der Waals surface area contributed by atoms with Gasteiger partial charge in [-0.05, 0) is 58.7 Å². The van der Waals surface area contributed by atoms with Gasteiger partial charge in [-0.3, -0.25) is 4.72 Å². The molecule has 0 radical (unpaired) electrons. The van der Waals surface area contributed by atoms with Crippen LogP contribution in [0.2, 0.25) is 0 Å². The zero-order valence-corrected chi connectivity index (χ0v) is 13.9. The number of hydrogen-bond acceptors (Lipinski definition) is 4. The Bertz CT molecular complexity index is 710. The first kappa shape index (κ1) is 16.2. The molecule has 0 aliphatic carbocycles. The van der Waals surface area contributed by atoms with Crippen LogP contribution in [0.4, 0.5) is 14.5 Å². The van der Waals surface area contributed by atoms with Crippen LogP contribution in [0.3, 0.4) is 0 Å². The van der Waals surface area contributed by atoms with Gasteiger partial charge in [-0.25, -0.2) is 8.42 Å². The summed E-state index contributed by atoms with van der Waals surface area (Å²) >= 11 is 4.36. The molecule has 9 heteroatoms. The van der Waals surface area contributed by atoms with Gasteiger partial charge in [0, 0.05) is 5.69 Å². The van der Waals surface area contributed by atoms with Gasteiger partial charge < -0.3 is 4.74 Å². The number of halogens is 3. The van der Waals surface area contributed by atoms with Gasteiger partial charge in [0.15, 0.2) is 0 Å². The first-order valence-corrected chi connectivity index (χ1v) is 8.71. The summed E-state index contributed by atoms with van der Waals surface area (Å²) < 4.78 is 55.8. The van der Waals surface area contributed by atoms with Crippen LogP contribution in [0.25, 0.3) is 0 Å². The van der Waals surface area contributed by atoms with Gasteiger partial charge in [-0.2, -0.15) is 8.78 Å². The molecule has 21 heavy (non-hydrogen) atoms. The van der Waals surface area contributed by atoms with Crippen molar-refractivity contribution in [2.75, 3.05) is 4.72 Å². The zero-order valence-electron chi connectivity index (χ0n) is 10.6. The maximum absolute atomic E-state index is 12.2. The summed E-state index contributed by atoms with van der Waals surface area (Å²) in [6, 6.07) is 6.78. The third-order valence-corrected chi connectivity index (χ3v) is 6.42. The Morgan fingerprint density at radius 3 is 2.38 bits per heavy atom. The third kappa shape index (κ3) is 4.14. The molecule has 4 nitrogen and oxygen atoms in total. The summed E-state index contributed by atoms with van der Waals surface area (Å²) in [4.78, 5) is 0. The highest BCUT2D eigenvalue weighted by Crippen LogP contribution is 2.31. The Labute approximate surface area is 132 Å². The predicted octanol–water partition coefficient (Wildman–Crippen LogP) is 4.22. The van der Waals surface area contributed by atoms with Gasteiger partial charge in [0.1, 0.15) is 9.96 Å². The maximum atomic E-state index is 12.2. The van der Waals surface area contributed by atoms with Crippen LogP contribution in [0.1, 0.15) is 5.56 Å². The van der Waals surface area contributed by atoms with Crippen LogP contribution in [-0.2, 0) is 10.0 Å². The van der Waals surface area contributed by atoms with E-state index in [1.54, 1.807) is 13.0 Å². The molecule has 0 bridgehead atoms. The monoisotopic (exact) mass is 397 g/mol. The second-order valence-electron chi connectivity index (χ2n) is 4.03. The Kier molecular flexibility index (Phi) is 4.84. The van der Waals surface area contributed by atoms with Gasteiger partial charge in [-0.1, -0.05) is 0 Å². The van der Waals surface area contributed by atoms with Crippen molar-refractivity contribution in [3.05, 3.63) is 39.7 Å². The summed E-state index contributed by atoms with van der Waals surface area (Å²) in [6.07, 6.45) is 0. The lowest BCUT2D eigenvalue weighted by molar-refractivity contribution is -0.0498. The molecule has 0 spiro atoms. The summed E-state index contributed by atoms with van der Waals surface area (Å²) in [5.74, 6) is -0.0392. The molecule has 0 amide bonds. The first-order valence-electron chi connectivity index (χ1n) is 5.61. The normalized spacial score (nSPS) is 11.7. The second kappa shape index (κ2) is 6.29. The molecule has 1 N–H and O–H groups in total. The number of sulfonamides is 1. The summed E-state index contributed by atoms with van der Waals surface area (Å²) in [5.41, 5.74) is 1.08. The van der Waals surface area contributed by atoms with E-state index in [0.717, 1.165) is 20.7 Å². The van der Waals surface area contributed by atoms with Crippen LogP contribution in [-0.4, -0.2) is 15.0 Å². The van der Waals surface area contributed by atoms with E-state index in [1.165, 1.54) is 24.3 Å². The number of hydrogen-bond donors (Lipinski definition) is 1.